The molecule has 1 rings (SSSR count). The third-order valence-corrected chi connectivity index (χ3v) is 7.33. The minimum absolute atomic E-state index is 0.224. The van der Waals surface area contributed by atoms with E-state index in [0.29, 0.717) is 12.8 Å². The summed E-state index contributed by atoms with van der Waals surface area (Å²) < 4.78 is 16.5. The second-order valence-electron chi connectivity index (χ2n) is 11.0. The van der Waals surface area contributed by atoms with Crippen molar-refractivity contribution in [1.29, 1.82) is 0 Å². The van der Waals surface area contributed by atoms with Crippen molar-refractivity contribution in [2.24, 2.45) is 0 Å². The lowest BCUT2D eigenvalue weighted by molar-refractivity contribution is -0.312. The number of hydrogen-bond acceptors (Lipinski definition) is 10. The van der Waals surface area contributed by atoms with Gasteiger partial charge in [0.2, 0.25) is 5.91 Å². The summed E-state index contributed by atoms with van der Waals surface area (Å²) in [5.41, 5.74) is 0. The van der Waals surface area contributed by atoms with Crippen LogP contribution in [0.5, 0.6) is 0 Å². The number of ether oxygens (including phenoxy) is 3. The summed E-state index contributed by atoms with van der Waals surface area (Å²) in [5, 5.41) is 50.7. The predicted molar refractivity (Wildman–Crippen MR) is 150 cm³/mol. The van der Waals surface area contributed by atoms with Crippen molar-refractivity contribution in [1.82, 2.24) is 5.32 Å². The number of carboxylic acid groups (broad SMARTS) is 2. The van der Waals surface area contributed by atoms with Gasteiger partial charge in [-0.1, -0.05) is 64.7 Å². The predicted octanol–water partition coefficient (Wildman–Crippen LogP) is 2.27. The SMILES string of the molecule is CC[C@H](CCCCCCCCCCCCC(=O)N[C@@H](C)C(=O)O)O[C@@H]1O[C@H](COC(=O)CCC(=O)O)[C@@H](O)[C@H](O)[C@H]1O. The van der Waals surface area contributed by atoms with Gasteiger partial charge in [-0.3, -0.25) is 19.2 Å². The van der Waals surface area contributed by atoms with Crippen molar-refractivity contribution in [2.45, 2.75) is 153 Å². The molecule has 1 fully saturated rings. The van der Waals surface area contributed by atoms with E-state index >= 15 is 0 Å². The van der Waals surface area contributed by atoms with Crippen LogP contribution < -0.4 is 5.32 Å². The van der Waals surface area contributed by atoms with Gasteiger partial charge in [-0.25, -0.2) is 0 Å². The highest BCUT2D eigenvalue weighted by Crippen LogP contribution is 2.25. The number of nitrogens with one attached hydrogen (secondary N) is 1. The van der Waals surface area contributed by atoms with Crippen LogP contribution in [0.2, 0.25) is 0 Å². The molecule has 1 aliphatic heterocycles. The third-order valence-electron chi connectivity index (χ3n) is 7.33. The highest BCUT2D eigenvalue weighted by atomic mass is 16.7. The molecule has 42 heavy (non-hydrogen) atoms. The molecule has 0 aromatic rings. The Morgan fingerprint density at radius 2 is 1.36 bits per heavy atom. The number of rotatable bonds is 23. The maximum Gasteiger partial charge on any atom is 0.325 e. The van der Waals surface area contributed by atoms with Gasteiger partial charge in [0, 0.05) is 6.42 Å². The Hall–Kier alpha value is -2.32. The molecule has 1 heterocycles. The van der Waals surface area contributed by atoms with E-state index in [2.05, 4.69) is 5.32 Å². The Balaban J connectivity index is 2.19. The molecule has 0 unspecified atom stereocenters. The standard InChI is InChI=1S/C29H51NO12/c1-3-20(14-12-10-8-6-4-5-7-9-11-13-15-22(31)30-19(2)28(38)39)41-29-27(37)26(36)25(35)21(42-29)18-40-24(34)17-16-23(32)33/h19-21,25-27,29,35-37H,3-18H2,1-2H3,(H,30,31)(H,32,33)(H,38,39)/t19-,20+,21+,25+,26-,27+,29+/m0/s1. The van der Waals surface area contributed by atoms with Gasteiger partial charge in [-0.2, -0.15) is 0 Å². The molecular formula is C29H51NO12. The minimum Gasteiger partial charge on any atom is -0.481 e. The summed E-state index contributed by atoms with van der Waals surface area (Å²) in [5.74, 6) is -3.18. The third kappa shape index (κ3) is 15.8. The fourth-order valence-corrected chi connectivity index (χ4v) is 4.63. The van der Waals surface area contributed by atoms with Gasteiger partial charge in [0.25, 0.3) is 0 Å². The van der Waals surface area contributed by atoms with Gasteiger partial charge < -0.3 is 45.1 Å². The number of aliphatic carboxylic acids is 2. The highest BCUT2D eigenvalue weighted by Gasteiger charge is 2.45. The van der Waals surface area contributed by atoms with Crippen molar-refractivity contribution in [3.63, 3.8) is 0 Å². The summed E-state index contributed by atoms with van der Waals surface area (Å²) in [7, 11) is 0. The van der Waals surface area contributed by atoms with E-state index in [4.69, 9.17) is 24.4 Å². The lowest BCUT2D eigenvalue weighted by Crippen LogP contribution is -2.60. The van der Waals surface area contributed by atoms with E-state index in [9.17, 15) is 34.5 Å². The lowest BCUT2D eigenvalue weighted by atomic mass is 9.99. The van der Waals surface area contributed by atoms with Crippen LogP contribution in [0.1, 0.15) is 110 Å². The minimum atomic E-state index is -1.56. The largest absolute Gasteiger partial charge is 0.481 e. The fourth-order valence-electron chi connectivity index (χ4n) is 4.63. The number of hydrogen-bond donors (Lipinski definition) is 6. The first-order valence-corrected chi connectivity index (χ1v) is 15.2. The van der Waals surface area contributed by atoms with Crippen LogP contribution in [0.15, 0.2) is 0 Å². The van der Waals surface area contributed by atoms with Crippen molar-refractivity contribution in [2.75, 3.05) is 6.61 Å². The van der Waals surface area contributed by atoms with Crippen LogP contribution in [-0.4, -0.2) is 98.8 Å². The van der Waals surface area contributed by atoms with Crippen molar-refractivity contribution < 1.29 is 58.9 Å². The molecule has 0 aromatic carbocycles. The van der Waals surface area contributed by atoms with Gasteiger partial charge in [0.15, 0.2) is 6.29 Å². The van der Waals surface area contributed by atoms with Crippen LogP contribution in [0.25, 0.3) is 0 Å². The van der Waals surface area contributed by atoms with Crippen LogP contribution in [0.4, 0.5) is 0 Å². The molecular weight excluding hydrogens is 554 g/mol. The number of aliphatic hydroxyl groups excluding tert-OH is 3. The Bertz CT molecular complexity index is 809. The zero-order valence-electron chi connectivity index (χ0n) is 24.9. The van der Waals surface area contributed by atoms with E-state index in [1.165, 1.54) is 6.92 Å². The number of carboxylic acids is 2. The second-order valence-corrected chi connectivity index (χ2v) is 11.0. The Kier molecular flexibility index (Phi) is 19.2. The molecule has 6 N–H and O–H groups in total. The molecule has 13 heteroatoms. The average molecular weight is 606 g/mol. The Morgan fingerprint density at radius 3 is 1.90 bits per heavy atom. The topological polar surface area (TPSA) is 209 Å². The molecule has 0 radical (unpaired) electrons. The zero-order valence-corrected chi connectivity index (χ0v) is 24.9. The quantitative estimate of drug-likeness (QED) is 0.0732. The summed E-state index contributed by atoms with van der Waals surface area (Å²) in [6.07, 6.45) is 4.14. The number of carbonyl (C=O) groups is 4. The van der Waals surface area contributed by atoms with Gasteiger partial charge >= 0.3 is 17.9 Å². The van der Waals surface area contributed by atoms with Crippen LogP contribution in [0, 0.1) is 0 Å². The Morgan fingerprint density at radius 1 is 0.786 bits per heavy atom. The fraction of sp³-hybridized carbons (Fsp3) is 0.862. The molecule has 0 aromatic heterocycles. The summed E-state index contributed by atoms with van der Waals surface area (Å²) in [4.78, 5) is 44.7. The van der Waals surface area contributed by atoms with E-state index in [1.54, 1.807) is 0 Å². The summed E-state index contributed by atoms with van der Waals surface area (Å²) >= 11 is 0. The van der Waals surface area contributed by atoms with Gasteiger partial charge in [0.05, 0.1) is 18.9 Å². The lowest BCUT2D eigenvalue weighted by Gasteiger charge is -2.41. The van der Waals surface area contributed by atoms with Crippen LogP contribution >= 0.6 is 0 Å². The second kappa shape index (κ2) is 21.4. The number of unbranched alkanes of at least 4 members (excludes halogenated alkanes) is 9. The molecule has 7 atom stereocenters. The van der Waals surface area contributed by atoms with Crippen molar-refractivity contribution in [3.8, 4) is 0 Å². The maximum atomic E-state index is 11.7. The maximum absolute atomic E-state index is 11.7. The number of aliphatic hydroxyl groups is 3. The molecule has 244 valence electrons. The molecule has 13 nitrogen and oxygen atoms in total. The Labute approximate surface area is 247 Å². The number of carbonyl (C=O) groups excluding carboxylic acids is 2. The molecule has 0 saturated carbocycles. The number of amides is 1. The monoisotopic (exact) mass is 605 g/mol. The average Bonchev–Trinajstić information content (AvgIpc) is 2.95. The summed E-state index contributed by atoms with van der Waals surface area (Å²) in [6.45, 7) is 2.98. The van der Waals surface area contributed by atoms with Gasteiger partial charge in [0.1, 0.15) is 37.1 Å². The van der Waals surface area contributed by atoms with E-state index in [1.807, 2.05) is 6.92 Å². The molecule has 0 spiro atoms. The normalized spacial score (nSPS) is 23.6. The van der Waals surface area contributed by atoms with Gasteiger partial charge in [-0.15, -0.1) is 0 Å². The first-order chi connectivity index (χ1) is 20.0. The molecule has 0 aliphatic carbocycles. The first kappa shape index (κ1) is 37.7. The smallest absolute Gasteiger partial charge is 0.325 e. The molecule has 1 amide bonds. The molecule has 1 aliphatic rings. The van der Waals surface area contributed by atoms with Crippen molar-refractivity contribution in [3.05, 3.63) is 0 Å². The first-order valence-electron chi connectivity index (χ1n) is 15.2. The van der Waals surface area contributed by atoms with E-state index < -0.39 is 61.3 Å². The summed E-state index contributed by atoms with van der Waals surface area (Å²) in [6, 6.07) is -0.863. The number of esters is 1. The molecule has 0 bridgehead atoms. The van der Waals surface area contributed by atoms with Crippen LogP contribution in [-0.2, 0) is 33.4 Å². The van der Waals surface area contributed by atoms with Gasteiger partial charge in [-0.05, 0) is 26.2 Å². The van der Waals surface area contributed by atoms with E-state index in [0.717, 1.165) is 70.6 Å². The highest BCUT2D eigenvalue weighted by molar-refractivity contribution is 5.83. The van der Waals surface area contributed by atoms with Crippen LogP contribution in [0.3, 0.4) is 0 Å². The molecule has 1 saturated heterocycles. The van der Waals surface area contributed by atoms with Crippen molar-refractivity contribution >= 4 is 23.8 Å². The van der Waals surface area contributed by atoms with E-state index in [-0.39, 0.29) is 24.9 Å². The zero-order chi connectivity index (χ0) is 31.5.